The first-order chi connectivity index (χ1) is 16.9. The maximum atomic E-state index is 12.4. The molecule has 1 unspecified atom stereocenters. The fourth-order valence-corrected chi connectivity index (χ4v) is 4.40. The monoisotopic (exact) mass is 482 g/mol. The van der Waals surface area contributed by atoms with Crippen LogP contribution in [0.4, 0.5) is 4.79 Å². The lowest BCUT2D eigenvalue weighted by Gasteiger charge is -2.21. The van der Waals surface area contributed by atoms with E-state index in [2.05, 4.69) is 29.6 Å². The summed E-state index contributed by atoms with van der Waals surface area (Å²) in [7, 11) is 1.51. The normalized spacial score (nSPS) is 13.0. The van der Waals surface area contributed by atoms with Gasteiger partial charge in [0, 0.05) is 32.5 Å². The van der Waals surface area contributed by atoms with E-state index in [0.29, 0.717) is 26.0 Å². The van der Waals surface area contributed by atoms with E-state index < -0.39 is 12.1 Å². The quantitative estimate of drug-likeness (QED) is 0.449. The van der Waals surface area contributed by atoms with E-state index in [1.165, 1.54) is 34.3 Å². The first-order valence-electron chi connectivity index (χ1n) is 12.0. The Hall–Kier alpha value is -3.39. The Kier molecular flexibility index (Phi) is 9.66. The van der Waals surface area contributed by atoms with Crippen LogP contribution < -0.4 is 5.32 Å². The average Bonchev–Trinajstić information content (AvgIpc) is 3.17. The number of carboxylic acids is 1. The molecule has 0 heterocycles. The summed E-state index contributed by atoms with van der Waals surface area (Å²) in [5.74, 6) is -1.05. The number of amides is 2. The zero-order valence-electron chi connectivity index (χ0n) is 20.4. The Labute approximate surface area is 206 Å². The molecule has 2 aromatic carbocycles. The molecule has 35 heavy (non-hydrogen) atoms. The minimum Gasteiger partial charge on any atom is -0.480 e. The topological polar surface area (TPSA) is 105 Å². The molecule has 188 valence electrons. The number of hydrogen-bond acceptors (Lipinski definition) is 5. The summed E-state index contributed by atoms with van der Waals surface area (Å²) in [6.07, 6.45) is 1.09. The molecule has 0 radical (unpaired) electrons. The maximum Gasteiger partial charge on any atom is 0.407 e. The third-order valence-electron chi connectivity index (χ3n) is 6.35. The number of alkyl carbamates (subject to hydrolysis) is 1. The third-order valence-corrected chi connectivity index (χ3v) is 6.35. The molecule has 0 spiro atoms. The van der Waals surface area contributed by atoms with E-state index >= 15 is 0 Å². The summed E-state index contributed by atoms with van der Waals surface area (Å²) in [5.41, 5.74) is 4.71. The van der Waals surface area contributed by atoms with Crippen LogP contribution >= 0.6 is 0 Å². The van der Waals surface area contributed by atoms with Gasteiger partial charge in [0.05, 0.1) is 6.61 Å². The van der Waals surface area contributed by atoms with Crippen molar-refractivity contribution in [1.29, 1.82) is 0 Å². The van der Waals surface area contributed by atoms with E-state index in [9.17, 15) is 14.4 Å². The van der Waals surface area contributed by atoms with Crippen LogP contribution in [0.3, 0.4) is 0 Å². The number of nitrogens with zero attached hydrogens (tertiary/aromatic N) is 1. The van der Waals surface area contributed by atoms with Gasteiger partial charge in [-0.25, -0.2) is 4.79 Å². The van der Waals surface area contributed by atoms with Crippen LogP contribution in [0.25, 0.3) is 11.1 Å². The van der Waals surface area contributed by atoms with Crippen LogP contribution in [-0.4, -0.2) is 67.9 Å². The van der Waals surface area contributed by atoms with Crippen LogP contribution in [0.1, 0.15) is 43.2 Å². The molecule has 1 atom stereocenters. The number of nitrogens with one attached hydrogen (secondary N) is 1. The average molecular weight is 483 g/mol. The van der Waals surface area contributed by atoms with Gasteiger partial charge in [-0.15, -0.1) is 0 Å². The van der Waals surface area contributed by atoms with E-state index in [4.69, 9.17) is 14.6 Å². The SMILES string of the molecule is COCCN(CC(=O)O)C(=O)CCC(C)CCNC(=O)OCC1c2ccccc2-c2ccccc21. The molecule has 3 rings (SSSR count). The lowest BCUT2D eigenvalue weighted by molar-refractivity contribution is -0.145. The Bertz CT molecular complexity index is 979. The summed E-state index contributed by atoms with van der Waals surface area (Å²) in [6.45, 7) is 2.92. The maximum absolute atomic E-state index is 12.4. The van der Waals surface area contributed by atoms with Crippen molar-refractivity contribution in [3.05, 3.63) is 59.7 Å². The summed E-state index contributed by atoms with van der Waals surface area (Å²) in [5, 5.41) is 11.8. The van der Waals surface area contributed by atoms with Gasteiger partial charge in [-0.1, -0.05) is 55.5 Å². The Morgan fingerprint density at radius 1 is 1.03 bits per heavy atom. The van der Waals surface area contributed by atoms with Gasteiger partial charge < -0.3 is 24.8 Å². The van der Waals surface area contributed by atoms with Gasteiger partial charge in [0.2, 0.25) is 5.91 Å². The van der Waals surface area contributed by atoms with Crippen LogP contribution in [0.15, 0.2) is 48.5 Å². The molecule has 0 aromatic heterocycles. The molecule has 0 bridgehead atoms. The number of carbonyl (C=O) groups excluding carboxylic acids is 2. The lowest BCUT2D eigenvalue weighted by Crippen LogP contribution is -2.38. The number of methoxy groups -OCH3 is 1. The third kappa shape index (κ3) is 7.29. The Morgan fingerprint density at radius 2 is 1.66 bits per heavy atom. The van der Waals surface area contributed by atoms with E-state index in [1.54, 1.807) is 0 Å². The number of fused-ring (bicyclic) bond motifs is 3. The molecule has 2 amide bonds. The summed E-state index contributed by atoms with van der Waals surface area (Å²) < 4.78 is 10.5. The first-order valence-corrected chi connectivity index (χ1v) is 12.0. The molecule has 0 aliphatic heterocycles. The minimum absolute atomic E-state index is 0.0185. The number of carboxylic acid groups (broad SMARTS) is 1. The highest BCUT2D eigenvalue weighted by Crippen LogP contribution is 2.44. The molecule has 0 saturated heterocycles. The van der Waals surface area contributed by atoms with Gasteiger partial charge in [0.15, 0.2) is 0 Å². The zero-order valence-corrected chi connectivity index (χ0v) is 20.4. The van der Waals surface area contributed by atoms with Crippen molar-refractivity contribution in [3.63, 3.8) is 0 Å². The van der Waals surface area contributed by atoms with Crippen molar-refractivity contribution in [3.8, 4) is 11.1 Å². The van der Waals surface area contributed by atoms with Gasteiger partial charge >= 0.3 is 12.1 Å². The summed E-state index contributed by atoms with van der Waals surface area (Å²) in [4.78, 5) is 37.0. The second-order valence-electron chi connectivity index (χ2n) is 8.89. The second kappa shape index (κ2) is 12.9. The molecule has 0 saturated carbocycles. The van der Waals surface area contributed by atoms with Crippen molar-refractivity contribution < 1.29 is 29.0 Å². The van der Waals surface area contributed by atoms with Gasteiger partial charge in [-0.2, -0.15) is 0 Å². The van der Waals surface area contributed by atoms with Crippen LogP contribution in [0.2, 0.25) is 0 Å². The molecule has 1 aliphatic rings. The lowest BCUT2D eigenvalue weighted by atomic mass is 9.98. The number of benzene rings is 2. The van der Waals surface area contributed by atoms with Crippen molar-refractivity contribution in [1.82, 2.24) is 10.2 Å². The zero-order chi connectivity index (χ0) is 25.2. The molecule has 1 aliphatic carbocycles. The van der Waals surface area contributed by atoms with Gasteiger partial charge in [-0.05, 0) is 41.0 Å². The molecule has 2 aromatic rings. The predicted molar refractivity (Wildman–Crippen MR) is 132 cm³/mol. The highest BCUT2D eigenvalue weighted by molar-refractivity contribution is 5.81. The van der Waals surface area contributed by atoms with Crippen molar-refractivity contribution in [2.24, 2.45) is 5.92 Å². The molecule has 0 fully saturated rings. The van der Waals surface area contributed by atoms with Crippen LogP contribution in [0, 0.1) is 5.92 Å². The molecular formula is C27H34N2O6. The molecular weight excluding hydrogens is 448 g/mol. The predicted octanol–water partition coefficient (Wildman–Crippen LogP) is 3.89. The fourth-order valence-electron chi connectivity index (χ4n) is 4.40. The largest absolute Gasteiger partial charge is 0.480 e. The van der Waals surface area contributed by atoms with E-state index in [-0.39, 0.29) is 43.9 Å². The summed E-state index contributed by atoms with van der Waals surface area (Å²) >= 11 is 0. The fraction of sp³-hybridized carbons (Fsp3) is 0.444. The Morgan fingerprint density at radius 3 is 2.26 bits per heavy atom. The van der Waals surface area contributed by atoms with Crippen molar-refractivity contribution in [2.75, 3.05) is 40.0 Å². The highest BCUT2D eigenvalue weighted by atomic mass is 16.5. The minimum atomic E-state index is -1.05. The van der Waals surface area contributed by atoms with Gasteiger partial charge in [-0.3, -0.25) is 9.59 Å². The van der Waals surface area contributed by atoms with E-state index in [1.807, 2.05) is 31.2 Å². The molecule has 8 nitrogen and oxygen atoms in total. The highest BCUT2D eigenvalue weighted by Gasteiger charge is 2.29. The van der Waals surface area contributed by atoms with E-state index in [0.717, 1.165) is 0 Å². The number of carbonyl (C=O) groups is 3. The Balaban J connectivity index is 1.39. The van der Waals surface area contributed by atoms with Crippen molar-refractivity contribution in [2.45, 2.75) is 32.1 Å². The summed E-state index contributed by atoms with van der Waals surface area (Å²) in [6, 6.07) is 16.4. The number of rotatable bonds is 13. The number of hydrogen-bond donors (Lipinski definition) is 2. The molecule has 8 heteroatoms. The number of aliphatic carboxylic acids is 1. The van der Waals surface area contributed by atoms with Gasteiger partial charge in [0.25, 0.3) is 0 Å². The molecule has 2 N–H and O–H groups in total. The van der Waals surface area contributed by atoms with Crippen LogP contribution in [0.5, 0.6) is 0 Å². The second-order valence-corrected chi connectivity index (χ2v) is 8.89. The smallest absolute Gasteiger partial charge is 0.407 e. The van der Waals surface area contributed by atoms with Crippen LogP contribution in [-0.2, 0) is 19.1 Å². The number of ether oxygens (including phenoxy) is 2. The standard InChI is InChI=1S/C27H34N2O6/c1-19(11-12-25(30)29(15-16-34-2)17-26(31)32)13-14-28-27(33)35-18-24-22-9-5-3-7-20(22)21-8-4-6-10-23(21)24/h3-10,19,24H,11-18H2,1-2H3,(H,28,33)(H,31,32). The van der Waals surface area contributed by atoms with Gasteiger partial charge in [0.1, 0.15) is 13.2 Å². The first kappa shape index (κ1) is 26.2. The van der Waals surface area contributed by atoms with Crippen molar-refractivity contribution >= 4 is 18.0 Å².